The Hall–Kier alpha value is -0.310. The molecule has 2 nitrogen and oxygen atoms in total. The highest BCUT2D eigenvalue weighted by atomic mass is 35.5. The average molecular weight is 219 g/mol. The molecule has 0 radical (unpaired) electrons. The van der Waals surface area contributed by atoms with Crippen molar-refractivity contribution < 1.29 is 0 Å². The number of aromatic nitrogens is 1. The van der Waals surface area contributed by atoms with Gasteiger partial charge in [-0.3, -0.25) is 4.98 Å². The maximum atomic E-state index is 5.93. The van der Waals surface area contributed by atoms with Gasteiger partial charge in [0.1, 0.15) is 0 Å². The van der Waals surface area contributed by atoms with Crippen LogP contribution in [0, 0.1) is 0 Å². The summed E-state index contributed by atoms with van der Waals surface area (Å²) in [4.78, 5) is 4.12. The number of nitrogens with zero attached hydrogens (tertiary/aromatic N) is 1. The van der Waals surface area contributed by atoms with Gasteiger partial charge in [-0.25, -0.2) is 0 Å². The van der Waals surface area contributed by atoms with Crippen LogP contribution in [0.1, 0.15) is 19.0 Å². The van der Waals surface area contributed by atoms with E-state index in [9.17, 15) is 0 Å². The van der Waals surface area contributed by atoms with Crippen molar-refractivity contribution in [3.8, 4) is 0 Å². The van der Waals surface area contributed by atoms with Crippen molar-refractivity contribution in [2.75, 3.05) is 0 Å². The van der Waals surface area contributed by atoms with Crippen LogP contribution in [0.15, 0.2) is 12.3 Å². The lowest BCUT2D eigenvalue weighted by molar-refractivity contribution is 0.637. The molecule has 0 aromatic carbocycles. The van der Waals surface area contributed by atoms with E-state index in [2.05, 4.69) is 4.98 Å². The van der Waals surface area contributed by atoms with Crippen LogP contribution in [-0.4, -0.2) is 11.0 Å². The monoisotopic (exact) mass is 218 g/mol. The van der Waals surface area contributed by atoms with E-state index < -0.39 is 0 Å². The second-order valence-electron chi connectivity index (χ2n) is 2.95. The second kappa shape index (κ2) is 4.80. The van der Waals surface area contributed by atoms with Crippen molar-refractivity contribution in [2.45, 2.75) is 25.8 Å². The maximum absolute atomic E-state index is 5.93. The number of hydrogen-bond acceptors (Lipinski definition) is 2. The first-order chi connectivity index (χ1) is 6.13. The van der Waals surface area contributed by atoms with Gasteiger partial charge in [0, 0.05) is 18.7 Å². The summed E-state index contributed by atoms with van der Waals surface area (Å²) >= 11 is 11.6. The van der Waals surface area contributed by atoms with Crippen molar-refractivity contribution >= 4 is 23.2 Å². The molecular weight excluding hydrogens is 207 g/mol. The molecule has 1 heterocycles. The summed E-state index contributed by atoms with van der Waals surface area (Å²) in [6.45, 7) is 2.04. The molecule has 1 rings (SSSR count). The zero-order chi connectivity index (χ0) is 9.84. The number of rotatable bonds is 3. The predicted octanol–water partition coefficient (Wildman–Crippen LogP) is 2.67. The highest BCUT2D eigenvalue weighted by molar-refractivity contribution is 6.34. The molecule has 0 unspecified atom stereocenters. The summed E-state index contributed by atoms with van der Waals surface area (Å²) in [6.07, 6.45) is 3.21. The standard InChI is InChI=1S/C9H12Cl2N2/c1-2-7(12)4-9-8(11)3-6(10)5-13-9/h3,5,7H,2,4,12H2,1H3/t7-/m0/s1. The van der Waals surface area contributed by atoms with Gasteiger partial charge < -0.3 is 5.73 Å². The van der Waals surface area contributed by atoms with E-state index in [1.165, 1.54) is 0 Å². The molecule has 0 spiro atoms. The topological polar surface area (TPSA) is 38.9 Å². The Morgan fingerprint density at radius 3 is 2.77 bits per heavy atom. The molecule has 0 bridgehead atoms. The molecule has 0 aliphatic rings. The molecule has 13 heavy (non-hydrogen) atoms. The molecule has 0 fully saturated rings. The Bertz CT molecular complexity index is 289. The predicted molar refractivity (Wildman–Crippen MR) is 56.2 cm³/mol. The number of pyridine rings is 1. The smallest absolute Gasteiger partial charge is 0.0636 e. The molecule has 1 aromatic heterocycles. The minimum atomic E-state index is 0.117. The van der Waals surface area contributed by atoms with Gasteiger partial charge in [0.25, 0.3) is 0 Å². The first-order valence-electron chi connectivity index (χ1n) is 4.19. The summed E-state index contributed by atoms with van der Waals surface area (Å²) in [5, 5.41) is 1.15. The summed E-state index contributed by atoms with van der Waals surface area (Å²) < 4.78 is 0. The van der Waals surface area contributed by atoms with Gasteiger partial charge in [-0.1, -0.05) is 30.1 Å². The van der Waals surface area contributed by atoms with Crippen molar-refractivity contribution in [1.29, 1.82) is 0 Å². The van der Waals surface area contributed by atoms with Crippen molar-refractivity contribution in [3.63, 3.8) is 0 Å². The normalized spacial score (nSPS) is 12.9. The van der Waals surface area contributed by atoms with Crippen molar-refractivity contribution in [2.24, 2.45) is 5.73 Å². The molecular formula is C9H12Cl2N2. The van der Waals surface area contributed by atoms with Crippen LogP contribution in [0.2, 0.25) is 10.0 Å². The van der Waals surface area contributed by atoms with E-state index in [4.69, 9.17) is 28.9 Å². The van der Waals surface area contributed by atoms with E-state index in [0.29, 0.717) is 16.5 Å². The Morgan fingerprint density at radius 2 is 2.23 bits per heavy atom. The van der Waals surface area contributed by atoms with Crippen LogP contribution in [0.5, 0.6) is 0 Å². The van der Waals surface area contributed by atoms with E-state index in [-0.39, 0.29) is 6.04 Å². The zero-order valence-corrected chi connectivity index (χ0v) is 8.94. The van der Waals surface area contributed by atoms with Gasteiger partial charge in [-0.05, 0) is 12.5 Å². The van der Waals surface area contributed by atoms with Crippen molar-refractivity contribution in [3.05, 3.63) is 28.0 Å². The third-order valence-corrected chi connectivity index (χ3v) is 2.40. The zero-order valence-electron chi connectivity index (χ0n) is 7.43. The molecule has 0 amide bonds. The Labute approximate surface area is 88.1 Å². The molecule has 2 N–H and O–H groups in total. The van der Waals surface area contributed by atoms with Gasteiger partial charge in [0.05, 0.1) is 15.7 Å². The van der Waals surface area contributed by atoms with E-state index in [1.807, 2.05) is 6.92 Å². The van der Waals surface area contributed by atoms with E-state index in [0.717, 1.165) is 12.1 Å². The van der Waals surface area contributed by atoms with Crippen LogP contribution < -0.4 is 5.73 Å². The number of hydrogen-bond donors (Lipinski definition) is 1. The van der Waals surface area contributed by atoms with Gasteiger partial charge in [0.15, 0.2) is 0 Å². The van der Waals surface area contributed by atoms with E-state index >= 15 is 0 Å². The lowest BCUT2D eigenvalue weighted by Gasteiger charge is -2.08. The van der Waals surface area contributed by atoms with Crippen LogP contribution in [0.25, 0.3) is 0 Å². The third-order valence-electron chi connectivity index (χ3n) is 1.86. The Morgan fingerprint density at radius 1 is 1.54 bits per heavy atom. The second-order valence-corrected chi connectivity index (χ2v) is 3.80. The molecule has 0 aliphatic heterocycles. The minimum absolute atomic E-state index is 0.117. The Kier molecular flexibility index (Phi) is 3.97. The van der Waals surface area contributed by atoms with Crippen LogP contribution >= 0.6 is 23.2 Å². The molecule has 0 aliphatic carbocycles. The number of halogens is 2. The lowest BCUT2D eigenvalue weighted by atomic mass is 10.1. The Balaban J connectivity index is 2.77. The lowest BCUT2D eigenvalue weighted by Crippen LogP contribution is -2.22. The van der Waals surface area contributed by atoms with Gasteiger partial charge >= 0.3 is 0 Å². The molecule has 0 saturated heterocycles. The maximum Gasteiger partial charge on any atom is 0.0636 e. The van der Waals surface area contributed by atoms with Gasteiger partial charge in [-0.15, -0.1) is 0 Å². The SMILES string of the molecule is CC[C@H](N)Cc1ncc(Cl)cc1Cl. The highest BCUT2D eigenvalue weighted by Crippen LogP contribution is 2.19. The van der Waals surface area contributed by atoms with Crippen LogP contribution in [0.3, 0.4) is 0 Å². The summed E-state index contributed by atoms with van der Waals surface area (Å²) in [5.41, 5.74) is 6.60. The summed E-state index contributed by atoms with van der Waals surface area (Å²) in [7, 11) is 0. The highest BCUT2D eigenvalue weighted by Gasteiger charge is 2.07. The molecule has 72 valence electrons. The van der Waals surface area contributed by atoms with Gasteiger partial charge in [0.2, 0.25) is 0 Å². The molecule has 1 aromatic rings. The van der Waals surface area contributed by atoms with Crippen LogP contribution in [0.4, 0.5) is 0 Å². The minimum Gasteiger partial charge on any atom is -0.327 e. The fourth-order valence-corrected chi connectivity index (χ4v) is 1.44. The first-order valence-corrected chi connectivity index (χ1v) is 4.94. The number of nitrogens with two attached hydrogens (primary N) is 1. The average Bonchev–Trinajstić information content (AvgIpc) is 2.09. The molecule has 1 atom stereocenters. The molecule has 0 saturated carbocycles. The third kappa shape index (κ3) is 3.14. The fourth-order valence-electron chi connectivity index (χ4n) is 0.986. The summed E-state index contributed by atoms with van der Waals surface area (Å²) in [5.74, 6) is 0. The summed E-state index contributed by atoms with van der Waals surface area (Å²) in [6, 6.07) is 1.81. The first kappa shape index (κ1) is 10.8. The van der Waals surface area contributed by atoms with Crippen LogP contribution in [-0.2, 0) is 6.42 Å². The fraction of sp³-hybridized carbons (Fsp3) is 0.444. The quantitative estimate of drug-likeness (QED) is 0.848. The van der Waals surface area contributed by atoms with Gasteiger partial charge in [-0.2, -0.15) is 0 Å². The van der Waals surface area contributed by atoms with Crippen molar-refractivity contribution in [1.82, 2.24) is 4.98 Å². The molecule has 4 heteroatoms. The van der Waals surface area contributed by atoms with E-state index in [1.54, 1.807) is 12.3 Å². The largest absolute Gasteiger partial charge is 0.327 e.